The largest absolute Gasteiger partial charge is 0.366 e. The Morgan fingerprint density at radius 2 is 1.65 bits per heavy atom. The molecule has 2 aromatic rings. The Labute approximate surface area is 119 Å². The molecule has 0 radical (unpaired) electrons. The first kappa shape index (κ1) is 12.9. The molecule has 1 aliphatic rings. The van der Waals surface area contributed by atoms with Crippen molar-refractivity contribution in [3.05, 3.63) is 59.7 Å². The molecule has 0 aliphatic heterocycles. The molecule has 2 nitrogen and oxygen atoms in total. The molecule has 2 N–H and O–H groups in total. The van der Waals surface area contributed by atoms with Crippen LogP contribution in [0, 0.1) is 0 Å². The first-order valence-corrected chi connectivity index (χ1v) is 7.25. The van der Waals surface area contributed by atoms with Crippen LogP contribution in [0.1, 0.15) is 47.5 Å². The number of carbonyl (C=O) groups is 1. The van der Waals surface area contributed by atoms with Crippen molar-refractivity contribution >= 4 is 5.91 Å². The van der Waals surface area contributed by atoms with Crippen molar-refractivity contribution in [2.24, 2.45) is 5.73 Å². The lowest BCUT2D eigenvalue weighted by atomic mass is 9.90. The van der Waals surface area contributed by atoms with E-state index in [2.05, 4.69) is 24.3 Å². The number of hydrogen-bond donors (Lipinski definition) is 1. The first-order valence-electron chi connectivity index (χ1n) is 7.25. The van der Waals surface area contributed by atoms with Gasteiger partial charge in [0.2, 0.25) is 5.91 Å². The van der Waals surface area contributed by atoms with E-state index in [1.165, 1.54) is 25.7 Å². The summed E-state index contributed by atoms with van der Waals surface area (Å²) in [4.78, 5) is 11.8. The summed E-state index contributed by atoms with van der Waals surface area (Å²) in [6.07, 6.45) is 4.85. The molecule has 0 unspecified atom stereocenters. The second-order valence-corrected chi connectivity index (χ2v) is 5.51. The van der Waals surface area contributed by atoms with Gasteiger partial charge >= 0.3 is 0 Å². The normalized spacial score (nSPS) is 15.4. The summed E-state index contributed by atoms with van der Waals surface area (Å²) in [6.45, 7) is 0. The van der Waals surface area contributed by atoms with Crippen molar-refractivity contribution in [1.29, 1.82) is 0 Å². The Morgan fingerprint density at radius 1 is 0.950 bits per heavy atom. The molecule has 1 amide bonds. The molecular formula is C18H19NO. The molecule has 20 heavy (non-hydrogen) atoms. The summed E-state index contributed by atoms with van der Waals surface area (Å²) in [5.74, 6) is 0.187. The predicted molar refractivity (Wildman–Crippen MR) is 81.6 cm³/mol. The summed E-state index contributed by atoms with van der Waals surface area (Å²) in [5, 5.41) is 0. The van der Waals surface area contributed by atoms with Crippen LogP contribution in [0.5, 0.6) is 0 Å². The monoisotopic (exact) mass is 265 g/mol. The third-order valence-corrected chi connectivity index (χ3v) is 4.22. The highest BCUT2D eigenvalue weighted by molar-refractivity contribution is 5.96. The van der Waals surface area contributed by atoms with Crippen LogP contribution in [0.4, 0.5) is 0 Å². The average molecular weight is 265 g/mol. The number of nitrogens with two attached hydrogens (primary N) is 1. The van der Waals surface area contributed by atoms with E-state index in [-0.39, 0.29) is 5.91 Å². The van der Waals surface area contributed by atoms with Gasteiger partial charge in [0, 0.05) is 5.56 Å². The van der Waals surface area contributed by atoms with E-state index in [9.17, 15) is 4.79 Å². The van der Waals surface area contributed by atoms with Crippen molar-refractivity contribution < 1.29 is 4.79 Å². The fourth-order valence-electron chi connectivity index (χ4n) is 3.17. The van der Waals surface area contributed by atoms with Crippen LogP contribution in [0.15, 0.2) is 48.5 Å². The molecule has 0 heterocycles. The highest BCUT2D eigenvalue weighted by Gasteiger charge is 2.22. The van der Waals surface area contributed by atoms with Gasteiger partial charge in [-0.3, -0.25) is 4.79 Å². The number of hydrogen-bond acceptors (Lipinski definition) is 1. The third kappa shape index (κ3) is 2.46. The van der Waals surface area contributed by atoms with Gasteiger partial charge in [-0.15, -0.1) is 0 Å². The van der Waals surface area contributed by atoms with E-state index in [1.54, 1.807) is 0 Å². The Balaban J connectivity index is 2.04. The zero-order chi connectivity index (χ0) is 13.9. The van der Waals surface area contributed by atoms with Gasteiger partial charge in [-0.25, -0.2) is 0 Å². The topological polar surface area (TPSA) is 43.1 Å². The van der Waals surface area contributed by atoms with Crippen LogP contribution in [0.2, 0.25) is 0 Å². The van der Waals surface area contributed by atoms with Crippen LogP contribution in [0.3, 0.4) is 0 Å². The fraction of sp³-hybridized carbons (Fsp3) is 0.278. The standard InChI is InChI=1S/C18H19NO/c19-18(20)17-12-15(13-6-2-1-3-7-13)10-11-16(17)14-8-4-5-9-14/h1-3,6-7,10-12,14H,4-5,8-9H2,(H2,19,20). The van der Waals surface area contributed by atoms with Crippen molar-refractivity contribution in [2.75, 3.05) is 0 Å². The Kier molecular flexibility index (Phi) is 3.55. The molecule has 1 aliphatic carbocycles. The zero-order valence-electron chi connectivity index (χ0n) is 11.5. The van der Waals surface area contributed by atoms with E-state index in [0.29, 0.717) is 11.5 Å². The second-order valence-electron chi connectivity index (χ2n) is 5.51. The molecule has 0 aromatic heterocycles. The van der Waals surface area contributed by atoms with E-state index < -0.39 is 0 Å². The van der Waals surface area contributed by atoms with E-state index >= 15 is 0 Å². The van der Waals surface area contributed by atoms with Gasteiger partial charge < -0.3 is 5.73 Å². The maximum atomic E-state index is 11.8. The molecule has 0 bridgehead atoms. The molecule has 2 aromatic carbocycles. The number of carbonyl (C=O) groups excluding carboxylic acids is 1. The molecule has 3 rings (SSSR count). The van der Waals surface area contributed by atoms with Crippen LogP contribution >= 0.6 is 0 Å². The molecule has 0 atom stereocenters. The summed E-state index contributed by atoms with van der Waals surface area (Å²) in [7, 11) is 0. The number of rotatable bonds is 3. The van der Waals surface area contributed by atoms with E-state index in [4.69, 9.17) is 5.73 Å². The summed E-state index contributed by atoms with van der Waals surface area (Å²) < 4.78 is 0. The molecule has 0 saturated heterocycles. The second kappa shape index (κ2) is 5.49. The van der Waals surface area contributed by atoms with Gasteiger partial charge in [0.15, 0.2) is 0 Å². The maximum absolute atomic E-state index is 11.8. The van der Waals surface area contributed by atoms with Gasteiger partial charge in [0.25, 0.3) is 0 Å². The summed E-state index contributed by atoms with van der Waals surface area (Å²) in [6, 6.07) is 16.3. The van der Waals surface area contributed by atoms with Gasteiger partial charge in [0.1, 0.15) is 0 Å². The SMILES string of the molecule is NC(=O)c1cc(-c2ccccc2)ccc1C1CCCC1. The summed E-state index contributed by atoms with van der Waals surface area (Å²) in [5.41, 5.74) is 9.59. The third-order valence-electron chi connectivity index (χ3n) is 4.22. The van der Waals surface area contributed by atoms with Gasteiger partial charge in [-0.2, -0.15) is 0 Å². The Bertz CT molecular complexity index is 613. The molecule has 0 spiro atoms. The minimum atomic E-state index is -0.315. The first-order chi connectivity index (χ1) is 9.75. The molecule has 2 heteroatoms. The van der Waals surface area contributed by atoms with Crippen molar-refractivity contribution in [2.45, 2.75) is 31.6 Å². The highest BCUT2D eigenvalue weighted by Crippen LogP contribution is 2.37. The van der Waals surface area contributed by atoms with Gasteiger partial charge in [-0.1, -0.05) is 55.3 Å². The van der Waals surface area contributed by atoms with Crippen molar-refractivity contribution in [3.63, 3.8) is 0 Å². The number of amides is 1. The van der Waals surface area contributed by atoms with Gasteiger partial charge in [0.05, 0.1) is 0 Å². The van der Waals surface area contributed by atoms with Crippen LogP contribution in [0.25, 0.3) is 11.1 Å². The predicted octanol–water partition coefficient (Wildman–Crippen LogP) is 4.11. The molecule has 102 valence electrons. The number of benzene rings is 2. The van der Waals surface area contributed by atoms with Gasteiger partial charge in [-0.05, 0) is 41.5 Å². The quantitative estimate of drug-likeness (QED) is 0.891. The van der Waals surface area contributed by atoms with Crippen molar-refractivity contribution in [3.8, 4) is 11.1 Å². The highest BCUT2D eigenvalue weighted by atomic mass is 16.1. The van der Waals surface area contributed by atoms with Crippen molar-refractivity contribution in [1.82, 2.24) is 0 Å². The lowest BCUT2D eigenvalue weighted by Gasteiger charge is -2.15. The number of primary amides is 1. The molecule has 1 saturated carbocycles. The van der Waals surface area contributed by atoms with Crippen LogP contribution < -0.4 is 5.73 Å². The summed E-state index contributed by atoms with van der Waals surface area (Å²) >= 11 is 0. The molecular weight excluding hydrogens is 246 g/mol. The Hall–Kier alpha value is -2.09. The van der Waals surface area contributed by atoms with Crippen LogP contribution in [-0.4, -0.2) is 5.91 Å². The maximum Gasteiger partial charge on any atom is 0.249 e. The lowest BCUT2D eigenvalue weighted by molar-refractivity contribution is 0.0999. The van der Waals surface area contributed by atoms with E-state index in [0.717, 1.165) is 16.7 Å². The minimum absolute atomic E-state index is 0.315. The zero-order valence-corrected chi connectivity index (χ0v) is 11.5. The van der Waals surface area contributed by atoms with E-state index in [1.807, 2.05) is 24.3 Å². The lowest BCUT2D eigenvalue weighted by Crippen LogP contribution is -2.15. The Morgan fingerprint density at radius 3 is 2.30 bits per heavy atom. The van der Waals surface area contributed by atoms with Crippen LogP contribution in [-0.2, 0) is 0 Å². The molecule has 1 fully saturated rings. The minimum Gasteiger partial charge on any atom is -0.366 e. The smallest absolute Gasteiger partial charge is 0.249 e. The fourth-order valence-corrected chi connectivity index (χ4v) is 3.17. The average Bonchev–Trinajstić information content (AvgIpc) is 3.01.